The van der Waals surface area contributed by atoms with Crippen LogP contribution < -0.4 is 5.32 Å². The third-order valence-electron chi connectivity index (χ3n) is 4.90. The van der Waals surface area contributed by atoms with Crippen molar-refractivity contribution in [2.45, 2.75) is 51.6 Å². The predicted molar refractivity (Wildman–Crippen MR) is 84.8 cm³/mol. The maximum absolute atomic E-state index is 3.47. The van der Waals surface area contributed by atoms with Gasteiger partial charge in [-0.15, -0.1) is 0 Å². The Morgan fingerprint density at radius 2 is 2.00 bits per heavy atom. The van der Waals surface area contributed by atoms with E-state index in [0.29, 0.717) is 0 Å². The Hall–Kier alpha value is -0.860. The van der Waals surface area contributed by atoms with Crippen LogP contribution in [0.2, 0.25) is 0 Å². The number of benzene rings is 1. The van der Waals surface area contributed by atoms with Crippen LogP contribution in [0.15, 0.2) is 18.2 Å². The molecule has 0 radical (unpaired) electrons. The van der Waals surface area contributed by atoms with Crippen molar-refractivity contribution in [3.8, 4) is 0 Å². The first-order valence-electron chi connectivity index (χ1n) is 8.31. The maximum Gasteiger partial charge on any atom is 0.0230 e. The van der Waals surface area contributed by atoms with E-state index in [4.69, 9.17) is 0 Å². The molecule has 0 bridgehead atoms. The van der Waals surface area contributed by atoms with Crippen LogP contribution in [0.4, 0.5) is 0 Å². The molecule has 1 heterocycles. The first-order valence-corrected chi connectivity index (χ1v) is 8.31. The van der Waals surface area contributed by atoms with E-state index in [0.717, 1.165) is 25.6 Å². The summed E-state index contributed by atoms with van der Waals surface area (Å²) in [5.41, 5.74) is 4.54. The van der Waals surface area contributed by atoms with Gasteiger partial charge in [0.15, 0.2) is 0 Å². The van der Waals surface area contributed by atoms with Crippen LogP contribution in [0.25, 0.3) is 0 Å². The molecule has 2 heteroatoms. The highest BCUT2D eigenvalue weighted by Gasteiger charge is 2.16. The number of rotatable bonds is 4. The lowest BCUT2D eigenvalue weighted by Gasteiger charge is -2.27. The Balaban J connectivity index is 1.56. The largest absolute Gasteiger partial charge is 0.312 e. The first-order chi connectivity index (χ1) is 9.81. The number of nitrogens with one attached hydrogen (secondary N) is 1. The molecule has 2 nitrogen and oxygen atoms in total. The minimum atomic E-state index is 0.938. The number of fused-ring (bicyclic) bond motifs is 1. The van der Waals surface area contributed by atoms with Crippen molar-refractivity contribution in [1.82, 2.24) is 10.2 Å². The first kappa shape index (κ1) is 14.1. The molecular weight excluding hydrogens is 244 g/mol. The predicted octanol–water partition coefficient (Wildman–Crippen LogP) is 3.34. The quantitative estimate of drug-likeness (QED) is 0.904. The molecule has 0 saturated heterocycles. The summed E-state index contributed by atoms with van der Waals surface area (Å²) < 4.78 is 0. The van der Waals surface area contributed by atoms with Gasteiger partial charge in [-0.3, -0.25) is 0 Å². The van der Waals surface area contributed by atoms with Crippen LogP contribution in [0.3, 0.4) is 0 Å². The van der Waals surface area contributed by atoms with Crippen LogP contribution in [0, 0.1) is 5.92 Å². The summed E-state index contributed by atoms with van der Waals surface area (Å²) in [4.78, 5) is 2.52. The Kier molecular flexibility index (Phi) is 4.74. The average Bonchev–Trinajstić information content (AvgIpc) is 2.48. The van der Waals surface area contributed by atoms with Gasteiger partial charge in [0.25, 0.3) is 0 Å². The Bertz CT molecular complexity index is 435. The van der Waals surface area contributed by atoms with Crippen molar-refractivity contribution in [2.75, 3.05) is 20.1 Å². The summed E-state index contributed by atoms with van der Waals surface area (Å²) in [6.07, 6.45) is 8.43. The smallest absolute Gasteiger partial charge is 0.0230 e. The monoisotopic (exact) mass is 272 g/mol. The van der Waals surface area contributed by atoms with Gasteiger partial charge >= 0.3 is 0 Å². The van der Waals surface area contributed by atoms with Crippen LogP contribution in [0.1, 0.15) is 48.8 Å². The molecule has 0 unspecified atom stereocenters. The van der Waals surface area contributed by atoms with Gasteiger partial charge in [0, 0.05) is 19.6 Å². The van der Waals surface area contributed by atoms with Crippen molar-refractivity contribution in [2.24, 2.45) is 5.92 Å². The van der Waals surface area contributed by atoms with E-state index in [1.54, 1.807) is 5.56 Å². The highest BCUT2D eigenvalue weighted by Crippen LogP contribution is 2.24. The van der Waals surface area contributed by atoms with Crippen molar-refractivity contribution in [3.63, 3.8) is 0 Å². The zero-order valence-corrected chi connectivity index (χ0v) is 12.8. The molecule has 0 atom stereocenters. The van der Waals surface area contributed by atoms with Gasteiger partial charge < -0.3 is 10.2 Å². The molecule has 1 aromatic carbocycles. The molecule has 0 spiro atoms. The van der Waals surface area contributed by atoms with Crippen molar-refractivity contribution < 1.29 is 0 Å². The standard InChI is InChI=1S/C18H28N2/c1-20(13-15-5-3-2-4-6-15)14-16-7-8-17-9-10-19-12-18(17)11-16/h7-8,11,15,19H,2-6,9-10,12-14H2,1H3. The molecule has 1 aliphatic heterocycles. The summed E-state index contributed by atoms with van der Waals surface area (Å²) in [5.74, 6) is 0.938. The molecule has 2 aliphatic rings. The van der Waals surface area contributed by atoms with Gasteiger partial charge in [0.05, 0.1) is 0 Å². The molecule has 1 N–H and O–H groups in total. The molecule has 1 aliphatic carbocycles. The second-order valence-electron chi connectivity index (χ2n) is 6.73. The molecule has 0 amide bonds. The molecule has 1 saturated carbocycles. The van der Waals surface area contributed by atoms with Gasteiger partial charge in [-0.05, 0) is 55.5 Å². The maximum atomic E-state index is 3.47. The van der Waals surface area contributed by atoms with Crippen LogP contribution in [-0.2, 0) is 19.5 Å². The highest BCUT2D eigenvalue weighted by atomic mass is 15.1. The molecule has 0 aromatic heterocycles. The Labute approximate surface area is 123 Å². The topological polar surface area (TPSA) is 15.3 Å². The minimum absolute atomic E-state index is 0.938. The van der Waals surface area contributed by atoms with Crippen LogP contribution in [0.5, 0.6) is 0 Å². The summed E-state index contributed by atoms with van der Waals surface area (Å²) in [7, 11) is 2.28. The fourth-order valence-electron chi connectivity index (χ4n) is 3.82. The lowest BCUT2D eigenvalue weighted by atomic mass is 9.89. The van der Waals surface area contributed by atoms with Crippen LogP contribution >= 0.6 is 0 Å². The van der Waals surface area contributed by atoms with Crippen molar-refractivity contribution >= 4 is 0 Å². The Morgan fingerprint density at radius 3 is 2.85 bits per heavy atom. The fraction of sp³-hybridized carbons (Fsp3) is 0.667. The molecule has 1 fully saturated rings. The van der Waals surface area contributed by atoms with Crippen molar-refractivity contribution in [3.05, 3.63) is 34.9 Å². The number of hydrogen-bond acceptors (Lipinski definition) is 2. The van der Waals surface area contributed by atoms with E-state index in [1.807, 2.05) is 0 Å². The fourth-order valence-corrected chi connectivity index (χ4v) is 3.82. The second-order valence-corrected chi connectivity index (χ2v) is 6.73. The van der Waals surface area contributed by atoms with Gasteiger partial charge in [-0.2, -0.15) is 0 Å². The van der Waals surface area contributed by atoms with E-state index in [2.05, 4.69) is 35.5 Å². The van der Waals surface area contributed by atoms with E-state index in [1.165, 1.54) is 56.2 Å². The summed E-state index contributed by atoms with van der Waals surface area (Å²) in [6, 6.07) is 7.10. The third kappa shape index (κ3) is 3.62. The lowest BCUT2D eigenvalue weighted by molar-refractivity contribution is 0.228. The minimum Gasteiger partial charge on any atom is -0.312 e. The molecule has 1 aromatic rings. The summed E-state index contributed by atoms with van der Waals surface area (Å²) in [6.45, 7) is 4.56. The van der Waals surface area contributed by atoms with Crippen molar-refractivity contribution in [1.29, 1.82) is 0 Å². The normalized spacial score (nSPS) is 20.1. The molecule has 110 valence electrons. The molecular formula is C18H28N2. The van der Waals surface area contributed by atoms with Crippen LogP contribution in [-0.4, -0.2) is 25.0 Å². The average molecular weight is 272 g/mol. The zero-order chi connectivity index (χ0) is 13.8. The van der Waals surface area contributed by atoms with E-state index in [9.17, 15) is 0 Å². The number of hydrogen-bond donors (Lipinski definition) is 1. The molecule has 20 heavy (non-hydrogen) atoms. The second kappa shape index (κ2) is 6.73. The Morgan fingerprint density at radius 1 is 1.15 bits per heavy atom. The van der Waals surface area contributed by atoms with Gasteiger partial charge in [-0.1, -0.05) is 37.5 Å². The van der Waals surface area contributed by atoms with Gasteiger partial charge in [0.2, 0.25) is 0 Å². The third-order valence-corrected chi connectivity index (χ3v) is 4.90. The van der Waals surface area contributed by atoms with Gasteiger partial charge in [-0.25, -0.2) is 0 Å². The highest BCUT2D eigenvalue weighted by molar-refractivity contribution is 5.33. The van der Waals surface area contributed by atoms with E-state index < -0.39 is 0 Å². The lowest BCUT2D eigenvalue weighted by Crippen LogP contribution is -2.27. The SMILES string of the molecule is CN(Cc1ccc2c(c1)CNCC2)CC1CCCCC1. The zero-order valence-electron chi connectivity index (χ0n) is 12.8. The van der Waals surface area contributed by atoms with E-state index >= 15 is 0 Å². The summed E-state index contributed by atoms with van der Waals surface area (Å²) in [5, 5.41) is 3.47. The number of nitrogens with zero attached hydrogens (tertiary/aromatic N) is 1. The summed E-state index contributed by atoms with van der Waals surface area (Å²) >= 11 is 0. The molecule has 3 rings (SSSR count). The van der Waals surface area contributed by atoms with E-state index in [-0.39, 0.29) is 0 Å². The van der Waals surface area contributed by atoms with Gasteiger partial charge in [0.1, 0.15) is 0 Å².